The van der Waals surface area contributed by atoms with Gasteiger partial charge in [-0.15, -0.1) is 0 Å². The van der Waals surface area contributed by atoms with Crippen LogP contribution in [0.1, 0.15) is 37.3 Å². The molecule has 0 radical (unpaired) electrons. The molecule has 27 heavy (non-hydrogen) atoms. The second kappa shape index (κ2) is 10.0. The van der Waals surface area contributed by atoms with Gasteiger partial charge in [-0.2, -0.15) is 5.26 Å². The molecule has 0 heterocycles. The van der Waals surface area contributed by atoms with Gasteiger partial charge >= 0.3 is 5.97 Å². The van der Waals surface area contributed by atoms with E-state index < -0.39 is 5.97 Å². The Morgan fingerprint density at radius 1 is 1.19 bits per heavy atom. The van der Waals surface area contributed by atoms with Gasteiger partial charge < -0.3 is 14.2 Å². The van der Waals surface area contributed by atoms with E-state index in [9.17, 15) is 4.79 Å². The summed E-state index contributed by atoms with van der Waals surface area (Å²) in [6.07, 6.45) is 3.98. The monoisotopic (exact) mass is 365 g/mol. The van der Waals surface area contributed by atoms with Crippen molar-refractivity contribution in [3.63, 3.8) is 0 Å². The van der Waals surface area contributed by atoms with E-state index in [1.54, 1.807) is 30.3 Å². The lowest BCUT2D eigenvalue weighted by Crippen LogP contribution is -2.07. The summed E-state index contributed by atoms with van der Waals surface area (Å²) in [6.45, 7) is 4.14. The van der Waals surface area contributed by atoms with E-state index in [1.807, 2.05) is 24.3 Å². The van der Waals surface area contributed by atoms with Gasteiger partial charge in [0.2, 0.25) is 0 Å². The first-order valence-electron chi connectivity index (χ1n) is 8.75. The van der Waals surface area contributed by atoms with Crippen molar-refractivity contribution in [2.75, 3.05) is 13.7 Å². The van der Waals surface area contributed by atoms with Gasteiger partial charge in [0.25, 0.3) is 0 Å². The van der Waals surface area contributed by atoms with E-state index in [4.69, 9.17) is 19.5 Å². The van der Waals surface area contributed by atoms with Crippen LogP contribution in [0.2, 0.25) is 0 Å². The van der Waals surface area contributed by atoms with E-state index in [-0.39, 0.29) is 6.61 Å². The molecular formula is C22H23NO4. The lowest BCUT2D eigenvalue weighted by molar-refractivity contribution is -0.128. The molecule has 0 aliphatic heterocycles. The van der Waals surface area contributed by atoms with Crippen molar-refractivity contribution in [2.45, 2.75) is 26.2 Å². The van der Waals surface area contributed by atoms with Gasteiger partial charge in [-0.25, -0.2) is 4.79 Å². The van der Waals surface area contributed by atoms with Crippen molar-refractivity contribution in [3.8, 4) is 23.3 Å². The first kappa shape index (κ1) is 20.1. The zero-order valence-corrected chi connectivity index (χ0v) is 15.8. The van der Waals surface area contributed by atoms with Crippen LogP contribution in [-0.4, -0.2) is 19.7 Å². The normalized spacial score (nSPS) is 11.6. The molecule has 0 aliphatic rings. The molecule has 5 nitrogen and oxygen atoms in total. The summed E-state index contributed by atoms with van der Waals surface area (Å²) < 4.78 is 16.0. The minimum atomic E-state index is -0.450. The van der Waals surface area contributed by atoms with E-state index >= 15 is 0 Å². The highest BCUT2D eigenvalue weighted by Gasteiger charge is 2.11. The maximum Gasteiger partial charge on any atom is 0.336 e. The van der Waals surface area contributed by atoms with Crippen molar-refractivity contribution < 1.29 is 19.0 Å². The highest BCUT2D eigenvalue weighted by atomic mass is 16.5. The van der Waals surface area contributed by atoms with Gasteiger partial charge in [0.15, 0.2) is 18.1 Å². The molecule has 0 N–H and O–H groups in total. The maximum absolute atomic E-state index is 12.2. The molecule has 0 spiro atoms. The van der Waals surface area contributed by atoms with Gasteiger partial charge in [0, 0.05) is 6.08 Å². The summed E-state index contributed by atoms with van der Waals surface area (Å²) in [4.78, 5) is 12.2. The van der Waals surface area contributed by atoms with Crippen LogP contribution in [0.4, 0.5) is 0 Å². The van der Waals surface area contributed by atoms with Gasteiger partial charge in [-0.05, 0) is 47.7 Å². The van der Waals surface area contributed by atoms with E-state index in [0.717, 1.165) is 17.5 Å². The number of nitrogens with zero attached hydrogens (tertiary/aromatic N) is 1. The molecule has 2 aromatic rings. The summed E-state index contributed by atoms with van der Waals surface area (Å²) in [5.74, 6) is 1.40. The topological polar surface area (TPSA) is 68.5 Å². The molecule has 0 bridgehead atoms. The Bertz CT molecular complexity index is 852. The van der Waals surface area contributed by atoms with Crippen LogP contribution in [0.25, 0.3) is 6.08 Å². The molecule has 0 saturated carbocycles. The maximum atomic E-state index is 12.2. The number of hydrogen-bond donors (Lipinski definition) is 0. The van der Waals surface area contributed by atoms with Crippen LogP contribution in [0, 0.1) is 11.3 Å². The highest BCUT2D eigenvalue weighted by molar-refractivity contribution is 5.89. The third kappa shape index (κ3) is 5.61. The Morgan fingerprint density at radius 2 is 1.96 bits per heavy atom. The molecular weight excluding hydrogens is 342 g/mol. The summed E-state index contributed by atoms with van der Waals surface area (Å²) >= 11 is 0. The molecule has 0 saturated heterocycles. The Labute approximate surface area is 159 Å². The fraction of sp³-hybridized carbons (Fsp3) is 0.273. The van der Waals surface area contributed by atoms with Crippen molar-refractivity contribution in [1.29, 1.82) is 5.26 Å². The first-order chi connectivity index (χ1) is 13.1. The summed E-state index contributed by atoms with van der Waals surface area (Å²) in [5, 5.41) is 8.60. The number of carbonyl (C=O) groups is 1. The molecule has 0 aliphatic carbocycles. The molecule has 140 valence electrons. The number of carbonyl (C=O) groups excluding carboxylic acids is 1. The largest absolute Gasteiger partial charge is 0.493 e. The predicted molar refractivity (Wildman–Crippen MR) is 104 cm³/mol. The second-order valence-electron chi connectivity index (χ2n) is 5.96. The van der Waals surface area contributed by atoms with Crippen LogP contribution in [0.3, 0.4) is 0 Å². The Kier molecular flexibility index (Phi) is 7.45. The SMILES string of the molecule is CCC(C)c1ccccc1OC(=O)/C=C/c1ccc(OCC#N)c(OC)c1. The summed E-state index contributed by atoms with van der Waals surface area (Å²) in [7, 11) is 1.52. The quantitative estimate of drug-likeness (QED) is 0.384. The number of ether oxygens (including phenoxy) is 3. The molecule has 5 heteroatoms. The number of rotatable bonds is 8. The van der Waals surface area contributed by atoms with Crippen molar-refractivity contribution in [1.82, 2.24) is 0 Å². The third-order valence-electron chi connectivity index (χ3n) is 4.16. The lowest BCUT2D eigenvalue weighted by atomic mass is 9.98. The average Bonchev–Trinajstić information content (AvgIpc) is 2.70. The Balaban J connectivity index is 2.10. The average molecular weight is 365 g/mol. The van der Waals surface area contributed by atoms with Crippen LogP contribution < -0.4 is 14.2 Å². The minimum absolute atomic E-state index is 0.0620. The molecule has 2 rings (SSSR count). The number of nitriles is 1. The van der Waals surface area contributed by atoms with Crippen molar-refractivity contribution in [3.05, 3.63) is 59.7 Å². The number of hydrogen-bond acceptors (Lipinski definition) is 5. The molecule has 2 aromatic carbocycles. The number of esters is 1. The molecule has 1 atom stereocenters. The first-order valence-corrected chi connectivity index (χ1v) is 8.75. The number of para-hydroxylation sites is 1. The number of benzene rings is 2. The zero-order valence-electron chi connectivity index (χ0n) is 15.8. The fourth-order valence-corrected chi connectivity index (χ4v) is 2.52. The van der Waals surface area contributed by atoms with E-state index in [0.29, 0.717) is 23.2 Å². The van der Waals surface area contributed by atoms with Gasteiger partial charge in [0.05, 0.1) is 7.11 Å². The molecule has 0 aromatic heterocycles. The van der Waals surface area contributed by atoms with Gasteiger partial charge in [0.1, 0.15) is 11.8 Å². The van der Waals surface area contributed by atoms with Crippen LogP contribution in [0.5, 0.6) is 17.2 Å². The van der Waals surface area contributed by atoms with Crippen molar-refractivity contribution >= 4 is 12.0 Å². The summed E-state index contributed by atoms with van der Waals surface area (Å²) in [5.41, 5.74) is 1.77. The zero-order chi connectivity index (χ0) is 19.6. The Morgan fingerprint density at radius 3 is 2.67 bits per heavy atom. The number of methoxy groups -OCH3 is 1. The smallest absolute Gasteiger partial charge is 0.336 e. The minimum Gasteiger partial charge on any atom is -0.493 e. The van der Waals surface area contributed by atoms with Crippen LogP contribution in [-0.2, 0) is 4.79 Å². The van der Waals surface area contributed by atoms with E-state index in [2.05, 4.69) is 13.8 Å². The molecule has 0 fully saturated rings. The standard InChI is InChI=1S/C22H23NO4/c1-4-16(2)18-7-5-6-8-19(18)27-22(24)12-10-17-9-11-20(26-14-13-23)21(15-17)25-3/h5-12,15-16H,4,14H2,1-3H3/b12-10+. The van der Waals surface area contributed by atoms with Gasteiger partial charge in [-0.3, -0.25) is 0 Å². The van der Waals surface area contributed by atoms with E-state index in [1.165, 1.54) is 13.2 Å². The lowest BCUT2D eigenvalue weighted by Gasteiger charge is -2.13. The molecule has 1 unspecified atom stereocenters. The van der Waals surface area contributed by atoms with Crippen LogP contribution in [0.15, 0.2) is 48.5 Å². The van der Waals surface area contributed by atoms with Crippen LogP contribution >= 0.6 is 0 Å². The Hall–Kier alpha value is -3.26. The predicted octanol–water partition coefficient (Wildman–Crippen LogP) is 4.73. The molecule has 0 amide bonds. The third-order valence-corrected chi connectivity index (χ3v) is 4.16. The highest BCUT2D eigenvalue weighted by Crippen LogP contribution is 2.29. The second-order valence-corrected chi connectivity index (χ2v) is 5.96. The van der Waals surface area contributed by atoms with Crippen molar-refractivity contribution in [2.24, 2.45) is 0 Å². The van der Waals surface area contributed by atoms with Gasteiger partial charge in [-0.1, -0.05) is 38.1 Å². The summed E-state index contributed by atoms with van der Waals surface area (Å²) in [6, 6.07) is 14.7. The fourth-order valence-electron chi connectivity index (χ4n) is 2.52.